The van der Waals surface area contributed by atoms with Gasteiger partial charge in [-0.2, -0.15) is 5.10 Å². The zero-order valence-electron chi connectivity index (χ0n) is 12.9. The molecule has 0 aromatic carbocycles. The number of piperidine rings is 1. The molecule has 1 fully saturated rings. The number of aromatic nitrogens is 5. The first-order valence-corrected chi connectivity index (χ1v) is 8.64. The van der Waals surface area contributed by atoms with Gasteiger partial charge in [0, 0.05) is 37.9 Å². The highest BCUT2D eigenvalue weighted by Crippen LogP contribution is 2.26. The van der Waals surface area contributed by atoms with Crippen LogP contribution in [0, 0.1) is 0 Å². The predicted octanol–water partition coefficient (Wildman–Crippen LogP) is 2.27. The summed E-state index contributed by atoms with van der Waals surface area (Å²) in [6.45, 7) is 1.45. The summed E-state index contributed by atoms with van der Waals surface area (Å²) in [6, 6.07) is 3.91. The van der Waals surface area contributed by atoms with Gasteiger partial charge < -0.3 is 4.90 Å². The minimum Gasteiger partial charge on any atom is -0.336 e. The van der Waals surface area contributed by atoms with E-state index in [2.05, 4.69) is 20.1 Å². The Morgan fingerprint density at radius 2 is 2.04 bits per heavy atom. The molecule has 3 aromatic rings. The normalized spacial score (nSPS) is 17.8. The average Bonchev–Trinajstić information content (AvgIpc) is 3.34. The molecule has 4 heterocycles. The largest absolute Gasteiger partial charge is 0.336 e. The van der Waals surface area contributed by atoms with Crippen molar-refractivity contribution in [3.8, 4) is 10.8 Å². The van der Waals surface area contributed by atoms with Crippen molar-refractivity contribution in [1.82, 2.24) is 29.6 Å². The van der Waals surface area contributed by atoms with Crippen LogP contribution >= 0.6 is 11.3 Å². The number of carbonyl (C=O) groups excluding carboxylic acids is 1. The highest BCUT2D eigenvalue weighted by Gasteiger charge is 2.27. The predicted molar refractivity (Wildman–Crippen MR) is 89.5 cm³/mol. The standard InChI is InChI=1S/C16H16N6OS/c23-16(13-10-19-15(24-13)14-17-5-2-6-18-14)21-8-1-4-12(11-21)22-9-3-7-20-22/h2-3,5-7,9-10,12H,1,4,8,11H2/t12-/m1/s1. The fraction of sp³-hybridized carbons (Fsp3) is 0.312. The number of carbonyl (C=O) groups is 1. The Kier molecular flexibility index (Phi) is 4.04. The van der Waals surface area contributed by atoms with E-state index in [9.17, 15) is 4.79 Å². The molecule has 7 nitrogen and oxygen atoms in total. The van der Waals surface area contributed by atoms with Gasteiger partial charge in [-0.05, 0) is 25.0 Å². The maximum absolute atomic E-state index is 12.8. The van der Waals surface area contributed by atoms with Crippen LogP contribution < -0.4 is 0 Å². The second kappa shape index (κ2) is 6.48. The molecule has 1 aliphatic rings. The lowest BCUT2D eigenvalue weighted by atomic mass is 10.1. The van der Waals surface area contributed by atoms with Crippen LogP contribution in [0.2, 0.25) is 0 Å². The second-order valence-corrected chi connectivity index (χ2v) is 6.67. The van der Waals surface area contributed by atoms with Crippen LogP contribution in [-0.4, -0.2) is 48.6 Å². The molecule has 1 atom stereocenters. The first-order valence-electron chi connectivity index (χ1n) is 7.83. The van der Waals surface area contributed by atoms with Crippen molar-refractivity contribution < 1.29 is 4.79 Å². The minimum atomic E-state index is 0.0199. The molecule has 0 aliphatic carbocycles. The Hall–Kier alpha value is -2.61. The van der Waals surface area contributed by atoms with Crippen molar-refractivity contribution in [3.05, 3.63) is 48.0 Å². The van der Waals surface area contributed by atoms with E-state index in [-0.39, 0.29) is 11.9 Å². The highest BCUT2D eigenvalue weighted by molar-refractivity contribution is 7.16. The van der Waals surface area contributed by atoms with Crippen LogP contribution in [0.1, 0.15) is 28.6 Å². The number of amides is 1. The maximum atomic E-state index is 12.8. The number of hydrogen-bond donors (Lipinski definition) is 0. The third-order valence-electron chi connectivity index (χ3n) is 4.06. The molecule has 3 aromatic heterocycles. The van der Waals surface area contributed by atoms with E-state index in [1.807, 2.05) is 21.8 Å². The third-order valence-corrected chi connectivity index (χ3v) is 5.04. The van der Waals surface area contributed by atoms with Crippen LogP contribution in [-0.2, 0) is 0 Å². The zero-order valence-corrected chi connectivity index (χ0v) is 13.8. The lowest BCUT2D eigenvalue weighted by Crippen LogP contribution is -2.40. The monoisotopic (exact) mass is 340 g/mol. The number of hydrogen-bond acceptors (Lipinski definition) is 6. The van der Waals surface area contributed by atoms with E-state index < -0.39 is 0 Å². The lowest BCUT2D eigenvalue weighted by molar-refractivity contribution is 0.0677. The van der Waals surface area contributed by atoms with Gasteiger partial charge in [-0.1, -0.05) is 0 Å². The fourth-order valence-corrected chi connectivity index (χ4v) is 3.73. The SMILES string of the molecule is O=C(c1cnc(-c2ncccn2)s1)N1CCC[C@@H](n2cccn2)C1. The summed E-state index contributed by atoms with van der Waals surface area (Å²) >= 11 is 1.34. The van der Waals surface area contributed by atoms with Crippen molar-refractivity contribution in [2.24, 2.45) is 0 Å². The quantitative estimate of drug-likeness (QED) is 0.731. The molecular formula is C16H16N6OS. The summed E-state index contributed by atoms with van der Waals surface area (Å²) in [5.41, 5.74) is 0. The molecule has 1 amide bonds. The zero-order chi connectivity index (χ0) is 16.4. The molecule has 8 heteroatoms. The van der Waals surface area contributed by atoms with E-state index in [0.29, 0.717) is 22.3 Å². The molecule has 24 heavy (non-hydrogen) atoms. The highest BCUT2D eigenvalue weighted by atomic mass is 32.1. The molecule has 0 unspecified atom stereocenters. The number of nitrogens with zero attached hydrogens (tertiary/aromatic N) is 6. The minimum absolute atomic E-state index is 0.0199. The molecule has 0 bridgehead atoms. The van der Waals surface area contributed by atoms with Crippen LogP contribution in [0.25, 0.3) is 10.8 Å². The summed E-state index contributed by atoms with van der Waals surface area (Å²) < 4.78 is 1.94. The van der Waals surface area contributed by atoms with Crippen molar-refractivity contribution >= 4 is 17.2 Å². The molecular weight excluding hydrogens is 324 g/mol. The molecule has 4 rings (SSSR count). The van der Waals surface area contributed by atoms with Gasteiger partial charge in [-0.15, -0.1) is 11.3 Å². The third kappa shape index (κ3) is 2.92. The Morgan fingerprint density at radius 1 is 1.17 bits per heavy atom. The Morgan fingerprint density at radius 3 is 2.83 bits per heavy atom. The number of likely N-dealkylation sites (tertiary alicyclic amines) is 1. The van der Waals surface area contributed by atoms with Gasteiger partial charge in [0.15, 0.2) is 10.8 Å². The van der Waals surface area contributed by atoms with E-state index in [1.165, 1.54) is 11.3 Å². The summed E-state index contributed by atoms with van der Waals surface area (Å²) in [5.74, 6) is 0.571. The average molecular weight is 340 g/mol. The van der Waals surface area contributed by atoms with Gasteiger partial charge in [-0.25, -0.2) is 15.0 Å². The summed E-state index contributed by atoms with van der Waals surface area (Å²) in [4.78, 5) is 28.0. The van der Waals surface area contributed by atoms with Gasteiger partial charge in [-0.3, -0.25) is 9.48 Å². The molecule has 0 spiro atoms. The van der Waals surface area contributed by atoms with Crippen molar-refractivity contribution in [3.63, 3.8) is 0 Å². The van der Waals surface area contributed by atoms with E-state index in [4.69, 9.17) is 0 Å². The molecule has 0 saturated carbocycles. The Bertz CT molecular complexity index is 816. The molecule has 0 radical (unpaired) electrons. The first kappa shape index (κ1) is 14.9. The van der Waals surface area contributed by atoms with Crippen molar-refractivity contribution in [2.45, 2.75) is 18.9 Å². The van der Waals surface area contributed by atoms with Crippen LogP contribution in [0.5, 0.6) is 0 Å². The van der Waals surface area contributed by atoms with Gasteiger partial charge in [0.2, 0.25) is 0 Å². The molecule has 1 aliphatic heterocycles. The fourth-order valence-electron chi connectivity index (χ4n) is 2.89. The van der Waals surface area contributed by atoms with Crippen molar-refractivity contribution in [2.75, 3.05) is 13.1 Å². The second-order valence-electron chi connectivity index (χ2n) is 5.64. The van der Waals surface area contributed by atoms with Gasteiger partial charge in [0.1, 0.15) is 4.88 Å². The molecule has 1 saturated heterocycles. The summed E-state index contributed by atoms with van der Waals surface area (Å²) in [5, 5.41) is 4.97. The van der Waals surface area contributed by atoms with E-state index >= 15 is 0 Å². The van der Waals surface area contributed by atoms with Gasteiger partial charge in [0.05, 0.1) is 12.2 Å². The Balaban J connectivity index is 1.50. The van der Waals surface area contributed by atoms with E-state index in [0.717, 1.165) is 19.4 Å². The van der Waals surface area contributed by atoms with Crippen molar-refractivity contribution in [1.29, 1.82) is 0 Å². The van der Waals surface area contributed by atoms with Gasteiger partial charge in [0.25, 0.3) is 5.91 Å². The first-order chi connectivity index (χ1) is 11.8. The lowest BCUT2D eigenvalue weighted by Gasteiger charge is -2.32. The Labute approximate surface area is 143 Å². The summed E-state index contributed by atoms with van der Waals surface area (Å²) in [6.07, 6.45) is 10.7. The maximum Gasteiger partial charge on any atom is 0.265 e. The molecule has 0 N–H and O–H groups in total. The van der Waals surface area contributed by atoms with Crippen LogP contribution in [0.15, 0.2) is 43.1 Å². The number of thiazole rings is 1. The topological polar surface area (TPSA) is 76.8 Å². The molecule has 122 valence electrons. The van der Waals surface area contributed by atoms with Gasteiger partial charge >= 0.3 is 0 Å². The van der Waals surface area contributed by atoms with Crippen LogP contribution in [0.3, 0.4) is 0 Å². The van der Waals surface area contributed by atoms with E-state index in [1.54, 1.807) is 30.9 Å². The summed E-state index contributed by atoms with van der Waals surface area (Å²) in [7, 11) is 0. The smallest absolute Gasteiger partial charge is 0.265 e. The number of rotatable bonds is 3. The van der Waals surface area contributed by atoms with Crippen LogP contribution in [0.4, 0.5) is 0 Å².